The van der Waals surface area contributed by atoms with Crippen LogP contribution in [0.2, 0.25) is 0 Å². The molecule has 1 saturated heterocycles. The second-order valence-electron chi connectivity index (χ2n) is 11.5. The molecule has 0 spiro atoms. The van der Waals surface area contributed by atoms with Crippen molar-refractivity contribution in [2.75, 3.05) is 66.7 Å². The van der Waals surface area contributed by atoms with Crippen LogP contribution >= 0.6 is 0 Å². The maximum atomic E-state index is 13.9. The summed E-state index contributed by atoms with van der Waals surface area (Å²) in [6.45, 7) is 8.70. The highest BCUT2D eigenvalue weighted by molar-refractivity contribution is 5.91. The van der Waals surface area contributed by atoms with E-state index in [1.165, 1.54) is 28.1 Å². The van der Waals surface area contributed by atoms with E-state index in [0.717, 1.165) is 52.1 Å². The number of cyclic esters (lactones) is 1. The Morgan fingerprint density at radius 1 is 0.864 bits per heavy atom. The molecule has 3 atom stereocenters. The molecule has 4 rings (SSSR count). The number of nitrogens with zero attached hydrogens (tertiary/aromatic N) is 2. The second kappa shape index (κ2) is 15.9. The Balaban J connectivity index is 1.49. The maximum absolute atomic E-state index is 13.9. The molecular weight excluding hydrogens is 571 g/mol. The Morgan fingerprint density at radius 3 is 2.23 bits per heavy atom. The van der Waals surface area contributed by atoms with Crippen molar-refractivity contribution in [1.82, 2.24) is 9.80 Å². The van der Waals surface area contributed by atoms with Gasteiger partial charge in [0.1, 0.15) is 11.9 Å². The number of alkyl halides is 1. The van der Waals surface area contributed by atoms with Crippen molar-refractivity contribution in [3.05, 3.63) is 47.5 Å². The highest BCUT2D eigenvalue weighted by Gasteiger charge is 2.23. The zero-order valence-corrected chi connectivity index (χ0v) is 26.3. The number of hydrogen-bond donors (Lipinski definition) is 0. The molecule has 44 heavy (non-hydrogen) atoms. The van der Waals surface area contributed by atoms with Crippen LogP contribution in [0.4, 0.5) is 4.39 Å². The summed E-state index contributed by atoms with van der Waals surface area (Å²) in [5.41, 5.74) is 0.686. The Bertz CT molecular complexity index is 1230. The van der Waals surface area contributed by atoms with Gasteiger partial charge in [0, 0.05) is 40.0 Å². The van der Waals surface area contributed by atoms with E-state index in [1.54, 1.807) is 36.4 Å². The number of rotatable bonds is 6. The minimum Gasteiger partial charge on any atom is -0.493 e. The van der Waals surface area contributed by atoms with Crippen molar-refractivity contribution in [2.24, 2.45) is 0 Å². The molecule has 2 aromatic rings. The first kappa shape index (κ1) is 33.3. The van der Waals surface area contributed by atoms with Crippen LogP contribution in [0.3, 0.4) is 0 Å². The molecule has 4 bridgehead atoms. The normalized spacial score (nSPS) is 22.2. The molecule has 2 aliphatic rings. The Morgan fingerprint density at radius 2 is 1.55 bits per heavy atom. The van der Waals surface area contributed by atoms with E-state index in [9.17, 15) is 14.0 Å². The average Bonchev–Trinajstić information content (AvgIpc) is 3.23. The second-order valence-corrected chi connectivity index (χ2v) is 11.5. The largest absolute Gasteiger partial charge is 0.493 e. The summed E-state index contributed by atoms with van der Waals surface area (Å²) in [5.74, 6) is -1.26. The Labute approximate surface area is 259 Å². The molecule has 2 aromatic carbocycles. The van der Waals surface area contributed by atoms with Gasteiger partial charge in [0.05, 0.1) is 38.6 Å². The van der Waals surface area contributed by atoms with Gasteiger partial charge >= 0.3 is 11.9 Å². The fourth-order valence-corrected chi connectivity index (χ4v) is 5.40. The predicted molar refractivity (Wildman–Crippen MR) is 163 cm³/mol. The van der Waals surface area contributed by atoms with Crippen LogP contribution in [-0.4, -0.2) is 100 Å². The van der Waals surface area contributed by atoms with Crippen LogP contribution in [0.25, 0.3) is 0 Å². The van der Waals surface area contributed by atoms with E-state index in [1.807, 2.05) is 0 Å². The Hall–Kier alpha value is -3.57. The number of carbonyl (C=O) groups excluding carboxylic acids is 2. The van der Waals surface area contributed by atoms with E-state index in [4.69, 9.17) is 28.4 Å². The SMILES string of the molecule is COc1cc2cc(c1OC)OCCCC(OC(=O)c1ccc(OC(C)(C)F)cc1)CCN1CCCN(CCCOC2=O)CC1. The fourth-order valence-electron chi connectivity index (χ4n) is 5.40. The lowest BCUT2D eigenvalue weighted by atomic mass is 10.1. The summed E-state index contributed by atoms with van der Waals surface area (Å²) in [7, 11) is 3.01. The number of benzene rings is 2. The van der Waals surface area contributed by atoms with Crippen molar-refractivity contribution in [3.8, 4) is 23.0 Å². The lowest BCUT2D eigenvalue weighted by molar-refractivity contribution is -0.0257. The number of esters is 2. The van der Waals surface area contributed by atoms with Gasteiger partial charge < -0.3 is 38.2 Å². The van der Waals surface area contributed by atoms with Gasteiger partial charge in [0.15, 0.2) is 11.5 Å². The van der Waals surface area contributed by atoms with E-state index in [-0.39, 0.29) is 6.10 Å². The van der Waals surface area contributed by atoms with Gasteiger partial charge in [-0.2, -0.15) is 4.39 Å². The number of carbonyl (C=O) groups is 2. The third-order valence-corrected chi connectivity index (χ3v) is 7.63. The van der Waals surface area contributed by atoms with Gasteiger partial charge in [0.25, 0.3) is 0 Å². The van der Waals surface area contributed by atoms with Gasteiger partial charge in [-0.05, 0) is 81.6 Å². The molecule has 10 nitrogen and oxygen atoms in total. The van der Waals surface area contributed by atoms with Crippen molar-refractivity contribution >= 4 is 11.9 Å². The lowest BCUT2D eigenvalue weighted by Crippen LogP contribution is -2.34. The van der Waals surface area contributed by atoms with Crippen LogP contribution in [0.1, 0.15) is 66.7 Å². The molecule has 11 heteroatoms. The molecule has 0 radical (unpaired) electrons. The summed E-state index contributed by atoms with van der Waals surface area (Å²) >= 11 is 0. The summed E-state index contributed by atoms with van der Waals surface area (Å²) in [6.07, 6.45) is 3.27. The van der Waals surface area contributed by atoms with Gasteiger partial charge in [-0.1, -0.05) is 0 Å². The average molecular weight is 617 g/mol. The standard InChI is InChI=1S/C33H45FN2O8/c1-33(2,34)44-27-11-9-24(10-12-27)32(38)43-26-8-5-20-41-29-23-25(22-28(39-3)30(29)40-4)31(37)42-21-7-16-35-14-6-15-36(17-13-26)19-18-35/h9-12,22-23,26H,5-8,13-21H2,1-4H3. The minimum absolute atomic E-state index is 0.301. The van der Waals surface area contributed by atoms with Crippen LogP contribution in [0.5, 0.6) is 23.0 Å². The number of fused-ring (bicyclic) bond motifs is 5. The third kappa shape index (κ3) is 9.99. The predicted octanol–water partition coefficient (Wildman–Crippen LogP) is 5.13. The number of halogens is 1. The first-order chi connectivity index (χ1) is 21.1. The zero-order valence-electron chi connectivity index (χ0n) is 26.3. The van der Waals surface area contributed by atoms with Crippen LogP contribution in [-0.2, 0) is 9.47 Å². The molecule has 2 heterocycles. The van der Waals surface area contributed by atoms with Crippen LogP contribution in [0.15, 0.2) is 36.4 Å². The number of methoxy groups -OCH3 is 2. The summed E-state index contributed by atoms with van der Waals surface area (Å²) in [4.78, 5) is 30.8. The van der Waals surface area contributed by atoms with Gasteiger partial charge in [0.2, 0.25) is 11.6 Å². The Kier molecular flexibility index (Phi) is 12.1. The van der Waals surface area contributed by atoms with Crippen molar-refractivity contribution in [2.45, 2.75) is 57.9 Å². The van der Waals surface area contributed by atoms with Gasteiger partial charge in [-0.15, -0.1) is 0 Å². The molecular formula is C33H45FN2O8. The van der Waals surface area contributed by atoms with Gasteiger partial charge in [-0.3, -0.25) is 0 Å². The molecule has 0 aromatic heterocycles. The van der Waals surface area contributed by atoms with Crippen LogP contribution in [0, 0.1) is 0 Å². The molecule has 0 aliphatic carbocycles. The molecule has 1 fully saturated rings. The van der Waals surface area contributed by atoms with Crippen molar-refractivity contribution < 1.29 is 42.4 Å². The smallest absolute Gasteiger partial charge is 0.338 e. The van der Waals surface area contributed by atoms with E-state index >= 15 is 0 Å². The molecule has 0 amide bonds. The highest BCUT2D eigenvalue weighted by atomic mass is 19.2. The first-order valence-corrected chi connectivity index (χ1v) is 15.3. The monoisotopic (exact) mass is 616 g/mol. The minimum atomic E-state index is -1.82. The number of hydrogen-bond acceptors (Lipinski definition) is 10. The van der Waals surface area contributed by atoms with E-state index < -0.39 is 17.8 Å². The lowest BCUT2D eigenvalue weighted by Gasteiger charge is -2.24. The summed E-state index contributed by atoms with van der Waals surface area (Å²) < 4.78 is 47.7. The molecule has 2 aliphatic heterocycles. The topological polar surface area (TPSA) is 96.0 Å². The fraction of sp³-hybridized carbons (Fsp3) is 0.576. The third-order valence-electron chi connectivity index (χ3n) is 7.63. The first-order valence-electron chi connectivity index (χ1n) is 15.3. The highest BCUT2D eigenvalue weighted by Crippen LogP contribution is 2.39. The molecule has 0 N–H and O–H groups in total. The van der Waals surface area contributed by atoms with E-state index in [0.29, 0.717) is 66.6 Å². The van der Waals surface area contributed by atoms with E-state index in [2.05, 4.69) is 9.80 Å². The quantitative estimate of drug-likeness (QED) is 0.407. The van der Waals surface area contributed by atoms with Crippen molar-refractivity contribution in [1.29, 1.82) is 0 Å². The summed E-state index contributed by atoms with van der Waals surface area (Å²) in [6, 6.07) is 9.48. The van der Waals surface area contributed by atoms with Gasteiger partial charge in [-0.25, -0.2) is 9.59 Å². The number of ether oxygens (including phenoxy) is 6. The van der Waals surface area contributed by atoms with Crippen LogP contribution < -0.4 is 18.9 Å². The molecule has 0 saturated carbocycles. The zero-order chi connectivity index (χ0) is 31.5. The summed E-state index contributed by atoms with van der Waals surface area (Å²) in [5, 5.41) is 0. The maximum Gasteiger partial charge on any atom is 0.338 e. The molecule has 242 valence electrons. The van der Waals surface area contributed by atoms with Crippen molar-refractivity contribution in [3.63, 3.8) is 0 Å². The molecule has 3 unspecified atom stereocenters.